The molecule has 0 atom stereocenters. The Kier molecular flexibility index (Phi) is 4.99. The number of pyridine rings is 1. The Hall–Kier alpha value is -1.10. The molecule has 0 bridgehead atoms. The van der Waals surface area contributed by atoms with Gasteiger partial charge in [0.05, 0.1) is 23.9 Å². The maximum Gasteiger partial charge on any atom is 0.126 e. The van der Waals surface area contributed by atoms with Gasteiger partial charge in [-0.2, -0.15) is 0 Å². The SMILES string of the molecule is CNc1ccc(Cl)c(COCCc2cccs2)n1. The molecule has 2 aromatic heterocycles. The van der Waals surface area contributed by atoms with Gasteiger partial charge in [-0.05, 0) is 23.6 Å². The third-order valence-electron chi connectivity index (χ3n) is 2.49. The lowest BCUT2D eigenvalue weighted by Gasteiger charge is -2.07. The van der Waals surface area contributed by atoms with E-state index >= 15 is 0 Å². The van der Waals surface area contributed by atoms with E-state index in [1.807, 2.05) is 19.2 Å². The van der Waals surface area contributed by atoms with Gasteiger partial charge in [-0.3, -0.25) is 0 Å². The van der Waals surface area contributed by atoms with Gasteiger partial charge in [0.1, 0.15) is 5.82 Å². The molecule has 0 saturated heterocycles. The summed E-state index contributed by atoms with van der Waals surface area (Å²) in [5.74, 6) is 0.802. The van der Waals surface area contributed by atoms with Crippen molar-refractivity contribution >= 4 is 28.8 Å². The second-order valence-corrected chi connectivity index (χ2v) is 5.20. The molecular formula is C13H15ClN2OS. The summed E-state index contributed by atoms with van der Waals surface area (Å²) in [7, 11) is 1.83. The Morgan fingerprint density at radius 1 is 1.39 bits per heavy atom. The summed E-state index contributed by atoms with van der Waals surface area (Å²) >= 11 is 7.81. The lowest BCUT2D eigenvalue weighted by molar-refractivity contribution is 0.122. The molecule has 0 aliphatic heterocycles. The first-order chi connectivity index (χ1) is 8.79. The maximum atomic E-state index is 6.06. The first-order valence-electron chi connectivity index (χ1n) is 5.73. The first-order valence-corrected chi connectivity index (χ1v) is 6.98. The fourth-order valence-electron chi connectivity index (χ4n) is 1.52. The topological polar surface area (TPSA) is 34.1 Å². The average Bonchev–Trinajstić information content (AvgIpc) is 2.89. The molecule has 0 aliphatic carbocycles. The molecule has 0 aromatic carbocycles. The maximum absolute atomic E-state index is 6.06. The third kappa shape index (κ3) is 3.70. The monoisotopic (exact) mass is 282 g/mol. The Balaban J connectivity index is 1.82. The van der Waals surface area contributed by atoms with Crippen LogP contribution < -0.4 is 5.32 Å². The number of rotatable bonds is 6. The van der Waals surface area contributed by atoms with Crippen LogP contribution in [0.1, 0.15) is 10.6 Å². The van der Waals surface area contributed by atoms with Crippen LogP contribution in [0.2, 0.25) is 5.02 Å². The van der Waals surface area contributed by atoms with E-state index in [2.05, 4.69) is 27.8 Å². The summed E-state index contributed by atoms with van der Waals surface area (Å²) < 4.78 is 5.61. The summed E-state index contributed by atoms with van der Waals surface area (Å²) in [6.45, 7) is 1.13. The van der Waals surface area contributed by atoms with Crippen molar-refractivity contribution < 1.29 is 4.74 Å². The van der Waals surface area contributed by atoms with Gasteiger partial charge in [-0.25, -0.2) is 4.98 Å². The number of nitrogens with zero attached hydrogens (tertiary/aromatic N) is 1. The molecule has 2 aromatic rings. The number of nitrogens with one attached hydrogen (secondary N) is 1. The van der Waals surface area contributed by atoms with Gasteiger partial charge in [0, 0.05) is 18.3 Å². The highest BCUT2D eigenvalue weighted by Crippen LogP contribution is 2.17. The highest BCUT2D eigenvalue weighted by molar-refractivity contribution is 7.09. The second-order valence-electron chi connectivity index (χ2n) is 3.76. The predicted molar refractivity (Wildman–Crippen MR) is 76.5 cm³/mol. The number of hydrogen-bond donors (Lipinski definition) is 1. The number of thiophene rings is 1. The molecule has 3 nitrogen and oxygen atoms in total. The van der Waals surface area contributed by atoms with E-state index in [0.29, 0.717) is 18.2 Å². The molecule has 0 unspecified atom stereocenters. The second kappa shape index (κ2) is 6.73. The lowest BCUT2D eigenvalue weighted by Crippen LogP contribution is -2.02. The van der Waals surface area contributed by atoms with Crippen molar-refractivity contribution in [2.24, 2.45) is 0 Å². The molecule has 0 amide bonds. The van der Waals surface area contributed by atoms with Gasteiger partial charge in [-0.15, -0.1) is 11.3 Å². The van der Waals surface area contributed by atoms with Crippen molar-refractivity contribution in [2.75, 3.05) is 19.0 Å². The number of ether oxygens (including phenoxy) is 1. The van der Waals surface area contributed by atoms with Gasteiger partial charge < -0.3 is 10.1 Å². The molecule has 0 fully saturated rings. The molecule has 2 rings (SSSR count). The van der Waals surface area contributed by atoms with E-state index in [1.165, 1.54) is 4.88 Å². The normalized spacial score (nSPS) is 10.6. The number of aromatic nitrogens is 1. The summed E-state index contributed by atoms with van der Waals surface area (Å²) in [5.41, 5.74) is 0.773. The van der Waals surface area contributed by atoms with E-state index in [1.54, 1.807) is 11.3 Å². The van der Waals surface area contributed by atoms with Crippen LogP contribution in [0.5, 0.6) is 0 Å². The van der Waals surface area contributed by atoms with E-state index in [9.17, 15) is 0 Å². The van der Waals surface area contributed by atoms with Crippen molar-refractivity contribution in [3.63, 3.8) is 0 Å². The van der Waals surface area contributed by atoms with Gasteiger partial charge in [0.2, 0.25) is 0 Å². The molecule has 0 radical (unpaired) electrons. The van der Waals surface area contributed by atoms with Gasteiger partial charge in [-0.1, -0.05) is 17.7 Å². The van der Waals surface area contributed by atoms with E-state index < -0.39 is 0 Å². The number of anilines is 1. The minimum absolute atomic E-state index is 0.444. The van der Waals surface area contributed by atoms with Crippen molar-refractivity contribution in [3.05, 3.63) is 45.2 Å². The summed E-state index contributed by atoms with van der Waals surface area (Å²) in [6.07, 6.45) is 0.932. The zero-order chi connectivity index (χ0) is 12.8. The van der Waals surface area contributed by atoms with Crippen molar-refractivity contribution in [1.82, 2.24) is 4.98 Å². The Labute approximate surface area is 116 Å². The predicted octanol–water partition coefficient (Wildman–Crippen LogP) is 3.60. The smallest absolute Gasteiger partial charge is 0.126 e. The van der Waals surface area contributed by atoms with E-state index in [4.69, 9.17) is 16.3 Å². The third-order valence-corrected chi connectivity index (χ3v) is 3.77. The molecule has 18 heavy (non-hydrogen) atoms. The van der Waals surface area contributed by atoms with Crippen LogP contribution in [0.4, 0.5) is 5.82 Å². The first kappa shape index (κ1) is 13.3. The summed E-state index contributed by atoms with van der Waals surface area (Å²) in [4.78, 5) is 5.69. The lowest BCUT2D eigenvalue weighted by atomic mass is 10.3. The van der Waals surface area contributed by atoms with Crippen LogP contribution in [0.15, 0.2) is 29.6 Å². The van der Waals surface area contributed by atoms with Crippen molar-refractivity contribution in [1.29, 1.82) is 0 Å². The van der Waals surface area contributed by atoms with Gasteiger partial charge in [0.15, 0.2) is 0 Å². The molecule has 2 heterocycles. The molecular weight excluding hydrogens is 268 g/mol. The summed E-state index contributed by atoms with van der Waals surface area (Å²) in [6, 6.07) is 7.84. The molecule has 0 aliphatic rings. The molecule has 1 N–H and O–H groups in total. The Morgan fingerprint density at radius 2 is 2.28 bits per heavy atom. The van der Waals surface area contributed by atoms with Crippen LogP contribution in [-0.4, -0.2) is 18.6 Å². The Bertz CT molecular complexity index is 488. The largest absolute Gasteiger partial charge is 0.375 e. The number of hydrogen-bond acceptors (Lipinski definition) is 4. The average molecular weight is 283 g/mol. The van der Waals surface area contributed by atoms with Crippen LogP contribution >= 0.6 is 22.9 Å². The fourth-order valence-corrected chi connectivity index (χ4v) is 2.37. The van der Waals surface area contributed by atoms with E-state index in [0.717, 1.165) is 17.9 Å². The highest BCUT2D eigenvalue weighted by atomic mass is 35.5. The quantitative estimate of drug-likeness (QED) is 0.822. The molecule has 5 heteroatoms. The zero-order valence-corrected chi connectivity index (χ0v) is 11.7. The standard InChI is InChI=1S/C13H15ClN2OS/c1-15-13-5-4-11(14)12(16-13)9-17-7-6-10-3-2-8-18-10/h2-5,8H,6-7,9H2,1H3,(H,15,16). The van der Waals surface area contributed by atoms with E-state index in [-0.39, 0.29) is 0 Å². The highest BCUT2D eigenvalue weighted by Gasteiger charge is 2.04. The Morgan fingerprint density at radius 3 is 3.00 bits per heavy atom. The number of halogens is 1. The molecule has 0 spiro atoms. The minimum Gasteiger partial charge on any atom is -0.375 e. The van der Waals surface area contributed by atoms with Crippen LogP contribution in [0, 0.1) is 0 Å². The minimum atomic E-state index is 0.444. The van der Waals surface area contributed by atoms with Gasteiger partial charge >= 0.3 is 0 Å². The summed E-state index contributed by atoms with van der Waals surface area (Å²) in [5, 5.41) is 5.70. The van der Waals surface area contributed by atoms with Gasteiger partial charge in [0.25, 0.3) is 0 Å². The van der Waals surface area contributed by atoms with Crippen molar-refractivity contribution in [2.45, 2.75) is 13.0 Å². The van der Waals surface area contributed by atoms with Crippen LogP contribution in [0.3, 0.4) is 0 Å². The molecule has 0 saturated carbocycles. The van der Waals surface area contributed by atoms with Crippen molar-refractivity contribution in [3.8, 4) is 0 Å². The van der Waals surface area contributed by atoms with Crippen LogP contribution in [-0.2, 0) is 17.8 Å². The molecule has 96 valence electrons. The van der Waals surface area contributed by atoms with Crippen LogP contribution in [0.25, 0.3) is 0 Å². The fraction of sp³-hybridized carbons (Fsp3) is 0.308. The zero-order valence-electron chi connectivity index (χ0n) is 10.1.